The van der Waals surface area contributed by atoms with Crippen molar-refractivity contribution < 1.29 is 14.5 Å². The van der Waals surface area contributed by atoms with Crippen LogP contribution >= 0.6 is 0 Å². The third-order valence-corrected chi connectivity index (χ3v) is 3.29. The topological polar surface area (TPSA) is 87.3 Å². The number of hydrogen-bond acceptors (Lipinski definition) is 5. The second-order valence-electron chi connectivity index (χ2n) is 5.08. The fourth-order valence-corrected chi connectivity index (χ4v) is 2.24. The van der Waals surface area contributed by atoms with Crippen molar-refractivity contribution in [3.63, 3.8) is 0 Å². The lowest BCUT2D eigenvalue weighted by Gasteiger charge is -2.06. The minimum absolute atomic E-state index is 0.0634. The largest absolute Gasteiger partial charge is 0.459 e. The lowest BCUT2D eigenvalue weighted by atomic mass is 10.1. The Morgan fingerprint density at radius 1 is 1.36 bits per heavy atom. The van der Waals surface area contributed by atoms with Crippen LogP contribution in [0, 0.1) is 30.9 Å². The zero-order valence-corrected chi connectivity index (χ0v) is 12.7. The van der Waals surface area contributed by atoms with Crippen molar-refractivity contribution in [2.24, 2.45) is 0 Å². The van der Waals surface area contributed by atoms with E-state index in [9.17, 15) is 14.9 Å². The van der Waals surface area contributed by atoms with Gasteiger partial charge in [0.25, 0.3) is 0 Å². The Balaban J connectivity index is 2.01. The van der Waals surface area contributed by atoms with E-state index in [1.807, 2.05) is 31.2 Å². The van der Waals surface area contributed by atoms with Crippen LogP contribution in [0.1, 0.15) is 22.5 Å². The van der Waals surface area contributed by atoms with Crippen molar-refractivity contribution in [1.82, 2.24) is 9.78 Å². The summed E-state index contributed by atoms with van der Waals surface area (Å²) in [6, 6.07) is 7.65. The molecule has 0 saturated carbocycles. The molecule has 0 amide bonds. The van der Waals surface area contributed by atoms with E-state index in [1.165, 1.54) is 4.68 Å². The molecule has 0 N–H and O–H groups in total. The lowest BCUT2D eigenvalue weighted by molar-refractivity contribution is -0.386. The maximum atomic E-state index is 11.9. The summed E-state index contributed by atoms with van der Waals surface area (Å²) in [5, 5.41) is 14.9. The zero-order valence-electron chi connectivity index (χ0n) is 12.7. The number of nitro groups is 1. The monoisotopic (exact) mass is 303 g/mol. The first-order valence-corrected chi connectivity index (χ1v) is 6.78. The summed E-state index contributed by atoms with van der Waals surface area (Å²) in [7, 11) is 0. The number of aryl methyl sites for hydroxylation is 2. The molecule has 0 unspecified atom stereocenters. The Morgan fingerprint density at radius 3 is 2.68 bits per heavy atom. The van der Waals surface area contributed by atoms with Gasteiger partial charge in [-0.3, -0.25) is 19.6 Å². The molecule has 0 bridgehead atoms. The third kappa shape index (κ3) is 3.49. The molecule has 1 aromatic heterocycles. The molecule has 22 heavy (non-hydrogen) atoms. The molecule has 7 nitrogen and oxygen atoms in total. The molecule has 0 aliphatic heterocycles. The third-order valence-electron chi connectivity index (χ3n) is 3.29. The van der Waals surface area contributed by atoms with Crippen LogP contribution in [0.5, 0.6) is 0 Å². The van der Waals surface area contributed by atoms with Crippen molar-refractivity contribution in [3.05, 3.63) is 56.9 Å². The van der Waals surface area contributed by atoms with Crippen LogP contribution in [0.4, 0.5) is 5.69 Å². The average molecular weight is 303 g/mol. The highest BCUT2D eigenvalue weighted by Gasteiger charge is 2.23. The Hall–Kier alpha value is -2.70. The van der Waals surface area contributed by atoms with Gasteiger partial charge in [0.2, 0.25) is 0 Å². The van der Waals surface area contributed by atoms with Gasteiger partial charge >= 0.3 is 11.7 Å². The van der Waals surface area contributed by atoms with Gasteiger partial charge in [0.05, 0.1) is 4.92 Å². The summed E-state index contributed by atoms with van der Waals surface area (Å²) in [6.45, 7) is 5.08. The van der Waals surface area contributed by atoms with Crippen LogP contribution in [-0.2, 0) is 22.7 Å². The summed E-state index contributed by atoms with van der Waals surface area (Å²) >= 11 is 0. The van der Waals surface area contributed by atoms with Gasteiger partial charge in [-0.05, 0) is 26.3 Å². The summed E-state index contributed by atoms with van der Waals surface area (Å²) < 4.78 is 6.48. The van der Waals surface area contributed by atoms with Crippen molar-refractivity contribution in [3.8, 4) is 0 Å². The smallest absolute Gasteiger partial charge is 0.328 e. The summed E-state index contributed by atoms with van der Waals surface area (Å²) in [4.78, 5) is 22.3. The van der Waals surface area contributed by atoms with Crippen LogP contribution in [0.15, 0.2) is 24.3 Å². The van der Waals surface area contributed by atoms with E-state index < -0.39 is 10.9 Å². The highest BCUT2D eigenvalue weighted by atomic mass is 16.6. The molecular formula is C15H17N3O4. The van der Waals surface area contributed by atoms with Crippen LogP contribution in [-0.4, -0.2) is 20.7 Å². The number of nitrogens with zero attached hydrogens (tertiary/aromatic N) is 3. The van der Waals surface area contributed by atoms with Crippen molar-refractivity contribution >= 4 is 11.7 Å². The van der Waals surface area contributed by atoms with Crippen molar-refractivity contribution in [1.29, 1.82) is 0 Å². The van der Waals surface area contributed by atoms with Gasteiger partial charge in [-0.15, -0.1) is 0 Å². The SMILES string of the molecule is Cc1cccc(COC(=O)Cn2nc(C)c([N+](=O)[O-])c2C)c1. The number of carbonyl (C=O) groups excluding carboxylic acids is 1. The molecule has 0 atom stereocenters. The van der Waals surface area contributed by atoms with E-state index in [2.05, 4.69) is 5.10 Å². The Morgan fingerprint density at radius 2 is 2.09 bits per heavy atom. The van der Waals surface area contributed by atoms with Crippen molar-refractivity contribution in [2.75, 3.05) is 0 Å². The highest BCUT2D eigenvalue weighted by Crippen LogP contribution is 2.21. The van der Waals surface area contributed by atoms with E-state index in [0.29, 0.717) is 5.69 Å². The number of ether oxygens (including phenoxy) is 1. The standard InChI is InChI=1S/C15H17N3O4/c1-10-5-4-6-13(7-10)9-22-14(19)8-17-12(3)15(18(20)21)11(2)16-17/h4-7H,8-9H2,1-3H3. The number of rotatable bonds is 5. The van der Waals surface area contributed by atoms with Crippen LogP contribution < -0.4 is 0 Å². The van der Waals surface area contributed by atoms with E-state index in [4.69, 9.17) is 4.74 Å². The fourth-order valence-electron chi connectivity index (χ4n) is 2.24. The van der Waals surface area contributed by atoms with Gasteiger partial charge in [-0.2, -0.15) is 5.10 Å². The molecule has 0 radical (unpaired) electrons. The van der Waals surface area contributed by atoms with Gasteiger partial charge in [-0.1, -0.05) is 29.8 Å². The first-order valence-electron chi connectivity index (χ1n) is 6.78. The van der Waals surface area contributed by atoms with E-state index in [-0.39, 0.29) is 24.5 Å². The molecule has 0 saturated heterocycles. The van der Waals surface area contributed by atoms with E-state index >= 15 is 0 Å². The highest BCUT2D eigenvalue weighted by molar-refractivity contribution is 5.69. The first-order chi connectivity index (χ1) is 10.4. The number of carbonyl (C=O) groups is 1. The van der Waals surface area contributed by atoms with Crippen LogP contribution in [0.2, 0.25) is 0 Å². The minimum atomic E-state index is -0.494. The number of benzene rings is 1. The molecule has 7 heteroatoms. The molecule has 116 valence electrons. The predicted octanol–water partition coefficient (Wildman–Crippen LogP) is 2.46. The molecule has 1 heterocycles. The molecule has 0 spiro atoms. The molecule has 1 aromatic carbocycles. The normalized spacial score (nSPS) is 10.5. The number of esters is 1. The molecule has 2 rings (SSSR count). The second-order valence-corrected chi connectivity index (χ2v) is 5.08. The van der Waals surface area contributed by atoms with Gasteiger partial charge in [-0.25, -0.2) is 0 Å². The number of hydrogen-bond donors (Lipinski definition) is 0. The van der Waals surface area contributed by atoms with E-state index in [0.717, 1.165) is 11.1 Å². The molecular weight excluding hydrogens is 286 g/mol. The maximum Gasteiger partial charge on any atom is 0.328 e. The predicted molar refractivity (Wildman–Crippen MR) is 79.3 cm³/mol. The summed E-state index contributed by atoms with van der Waals surface area (Å²) in [6.07, 6.45) is 0. The molecule has 0 aliphatic rings. The maximum absolute atomic E-state index is 11.9. The summed E-state index contributed by atoms with van der Waals surface area (Å²) in [5.74, 6) is -0.484. The quantitative estimate of drug-likeness (QED) is 0.481. The Labute approximate surface area is 127 Å². The van der Waals surface area contributed by atoms with Gasteiger partial charge in [0, 0.05) is 0 Å². The molecule has 0 aliphatic carbocycles. The Bertz CT molecular complexity index is 722. The van der Waals surface area contributed by atoms with Crippen LogP contribution in [0.25, 0.3) is 0 Å². The average Bonchev–Trinajstić information content (AvgIpc) is 2.71. The second kappa shape index (κ2) is 6.38. The first kappa shape index (κ1) is 15.7. The van der Waals surface area contributed by atoms with Gasteiger partial charge in [0.15, 0.2) is 0 Å². The fraction of sp³-hybridized carbons (Fsp3) is 0.333. The molecule has 2 aromatic rings. The summed E-state index contributed by atoms with van der Waals surface area (Å²) in [5.41, 5.74) is 2.55. The van der Waals surface area contributed by atoms with Gasteiger partial charge in [0.1, 0.15) is 24.5 Å². The lowest BCUT2D eigenvalue weighted by Crippen LogP contribution is -2.15. The zero-order chi connectivity index (χ0) is 16.3. The number of aromatic nitrogens is 2. The minimum Gasteiger partial charge on any atom is -0.459 e. The Kier molecular flexibility index (Phi) is 4.55. The molecule has 0 fully saturated rings. The van der Waals surface area contributed by atoms with Crippen molar-refractivity contribution in [2.45, 2.75) is 33.9 Å². The van der Waals surface area contributed by atoms with Crippen LogP contribution in [0.3, 0.4) is 0 Å². The van der Waals surface area contributed by atoms with Gasteiger partial charge < -0.3 is 4.74 Å². The van der Waals surface area contributed by atoms with E-state index in [1.54, 1.807) is 13.8 Å².